The second-order valence-electron chi connectivity index (χ2n) is 6.83. The molecule has 0 radical (unpaired) electrons. The van der Waals surface area contributed by atoms with E-state index in [0.717, 1.165) is 18.7 Å². The molecule has 28 heavy (non-hydrogen) atoms. The van der Waals surface area contributed by atoms with Crippen LogP contribution in [0.2, 0.25) is 0 Å². The zero-order valence-corrected chi connectivity index (χ0v) is 15.5. The SMILES string of the molecule is O=C(Cn1ncc2cccn2c1=O)NC(CN1CCOCC1)c1ccccc1. The van der Waals surface area contributed by atoms with Gasteiger partial charge in [0.1, 0.15) is 6.54 Å². The molecule has 1 aliphatic rings. The van der Waals surface area contributed by atoms with Crippen molar-refractivity contribution in [2.45, 2.75) is 12.6 Å². The molecule has 3 aromatic rings. The Hall–Kier alpha value is -2.97. The van der Waals surface area contributed by atoms with Crippen molar-refractivity contribution in [3.8, 4) is 0 Å². The summed E-state index contributed by atoms with van der Waals surface area (Å²) >= 11 is 0. The highest BCUT2D eigenvalue weighted by atomic mass is 16.5. The topological polar surface area (TPSA) is 80.9 Å². The number of carbonyl (C=O) groups is 1. The normalized spacial score (nSPS) is 16.1. The molecule has 8 heteroatoms. The molecule has 1 fully saturated rings. The summed E-state index contributed by atoms with van der Waals surface area (Å²) in [4.78, 5) is 27.4. The van der Waals surface area contributed by atoms with Gasteiger partial charge in [-0.15, -0.1) is 0 Å². The van der Waals surface area contributed by atoms with Crippen LogP contribution in [0.3, 0.4) is 0 Å². The summed E-state index contributed by atoms with van der Waals surface area (Å²) in [6, 6.07) is 13.3. The van der Waals surface area contributed by atoms with Crippen molar-refractivity contribution >= 4 is 11.4 Å². The monoisotopic (exact) mass is 381 g/mol. The molecule has 2 aromatic heterocycles. The van der Waals surface area contributed by atoms with Crippen LogP contribution in [0.15, 0.2) is 59.7 Å². The second-order valence-corrected chi connectivity index (χ2v) is 6.83. The van der Waals surface area contributed by atoms with Crippen LogP contribution in [0.4, 0.5) is 0 Å². The molecule has 4 rings (SSSR count). The highest BCUT2D eigenvalue weighted by Crippen LogP contribution is 2.15. The van der Waals surface area contributed by atoms with Crippen LogP contribution in [0.1, 0.15) is 11.6 Å². The molecule has 146 valence electrons. The first kappa shape index (κ1) is 18.4. The van der Waals surface area contributed by atoms with Crippen molar-refractivity contribution in [2.24, 2.45) is 0 Å². The molecule has 8 nitrogen and oxygen atoms in total. The van der Waals surface area contributed by atoms with Gasteiger partial charge in [0.05, 0.1) is 31.0 Å². The predicted octanol–water partition coefficient (Wildman–Crippen LogP) is 0.686. The third kappa shape index (κ3) is 4.13. The summed E-state index contributed by atoms with van der Waals surface area (Å²) in [6.45, 7) is 3.64. The predicted molar refractivity (Wildman–Crippen MR) is 104 cm³/mol. The highest BCUT2D eigenvalue weighted by molar-refractivity contribution is 5.76. The quantitative estimate of drug-likeness (QED) is 0.679. The van der Waals surface area contributed by atoms with Gasteiger partial charge in [-0.25, -0.2) is 9.48 Å². The van der Waals surface area contributed by atoms with Crippen LogP contribution in [0.25, 0.3) is 5.52 Å². The van der Waals surface area contributed by atoms with Crippen molar-refractivity contribution in [1.82, 2.24) is 24.4 Å². The molecule has 1 aromatic carbocycles. The Bertz CT molecular complexity index is 992. The van der Waals surface area contributed by atoms with Crippen LogP contribution in [-0.2, 0) is 16.1 Å². The first-order valence-corrected chi connectivity index (χ1v) is 9.38. The average molecular weight is 381 g/mol. The minimum absolute atomic E-state index is 0.126. The number of morpholine rings is 1. The lowest BCUT2D eigenvalue weighted by Gasteiger charge is -2.31. The lowest BCUT2D eigenvalue weighted by atomic mass is 10.1. The fourth-order valence-electron chi connectivity index (χ4n) is 3.42. The highest BCUT2D eigenvalue weighted by Gasteiger charge is 2.20. The molecule has 1 saturated heterocycles. The minimum atomic E-state index is -0.331. The lowest BCUT2D eigenvalue weighted by molar-refractivity contribution is -0.123. The van der Waals surface area contributed by atoms with Crippen molar-refractivity contribution in [1.29, 1.82) is 0 Å². The number of hydrogen-bond acceptors (Lipinski definition) is 5. The summed E-state index contributed by atoms with van der Waals surface area (Å²) in [5.41, 5.74) is 1.40. The van der Waals surface area contributed by atoms with Gasteiger partial charge in [0.15, 0.2) is 0 Å². The Labute approximate surface area is 162 Å². The summed E-state index contributed by atoms with van der Waals surface area (Å²) in [7, 11) is 0. The van der Waals surface area contributed by atoms with Gasteiger partial charge in [-0.05, 0) is 17.7 Å². The van der Waals surface area contributed by atoms with Gasteiger partial charge in [-0.2, -0.15) is 5.10 Å². The van der Waals surface area contributed by atoms with Crippen molar-refractivity contribution < 1.29 is 9.53 Å². The molecule has 1 amide bonds. The van der Waals surface area contributed by atoms with Gasteiger partial charge < -0.3 is 10.1 Å². The van der Waals surface area contributed by atoms with Crippen molar-refractivity contribution in [2.75, 3.05) is 32.8 Å². The van der Waals surface area contributed by atoms with Gasteiger partial charge in [0.25, 0.3) is 0 Å². The molecule has 3 heterocycles. The molecule has 1 unspecified atom stereocenters. The number of ether oxygens (including phenoxy) is 1. The van der Waals surface area contributed by atoms with Crippen LogP contribution in [-0.4, -0.2) is 57.8 Å². The number of carbonyl (C=O) groups excluding carboxylic acids is 1. The molecule has 1 aliphatic heterocycles. The maximum absolute atomic E-state index is 12.7. The first-order valence-electron chi connectivity index (χ1n) is 9.38. The number of benzene rings is 1. The zero-order valence-electron chi connectivity index (χ0n) is 15.5. The Kier molecular flexibility index (Phi) is 5.50. The fourth-order valence-corrected chi connectivity index (χ4v) is 3.42. The Balaban J connectivity index is 1.49. The number of nitrogens with zero attached hydrogens (tertiary/aromatic N) is 4. The van der Waals surface area contributed by atoms with E-state index in [-0.39, 0.29) is 24.2 Å². The molecular formula is C20H23N5O3. The Morgan fingerprint density at radius 1 is 1.14 bits per heavy atom. The van der Waals surface area contributed by atoms with Crippen LogP contribution in [0.5, 0.6) is 0 Å². The van der Waals surface area contributed by atoms with Crippen LogP contribution >= 0.6 is 0 Å². The third-order valence-electron chi connectivity index (χ3n) is 4.91. The number of hydrogen-bond donors (Lipinski definition) is 1. The lowest BCUT2D eigenvalue weighted by Crippen LogP contribution is -2.44. The second kappa shape index (κ2) is 8.37. The molecule has 1 atom stereocenters. The van der Waals surface area contributed by atoms with E-state index in [4.69, 9.17) is 4.74 Å². The third-order valence-corrected chi connectivity index (χ3v) is 4.91. The summed E-state index contributed by atoms with van der Waals surface area (Å²) in [5.74, 6) is -0.247. The number of fused-ring (bicyclic) bond motifs is 1. The number of amides is 1. The maximum Gasteiger partial charge on any atom is 0.349 e. The fraction of sp³-hybridized carbons (Fsp3) is 0.350. The molecule has 0 saturated carbocycles. The minimum Gasteiger partial charge on any atom is -0.379 e. The van der Waals surface area contributed by atoms with Gasteiger partial charge in [-0.1, -0.05) is 30.3 Å². The summed E-state index contributed by atoms with van der Waals surface area (Å²) < 4.78 is 8.07. The average Bonchev–Trinajstić information content (AvgIpc) is 3.21. The van der Waals surface area contributed by atoms with E-state index in [2.05, 4.69) is 15.3 Å². The standard InChI is InChI=1S/C20H23N5O3/c26-19(15-25-20(27)24-8-4-7-17(24)13-21-25)22-18(16-5-2-1-3-6-16)14-23-9-11-28-12-10-23/h1-8,13,18H,9-12,14-15H2,(H,22,26). The van der Waals surface area contributed by atoms with E-state index in [1.807, 2.05) is 30.3 Å². The Morgan fingerprint density at radius 2 is 1.93 bits per heavy atom. The van der Waals surface area contributed by atoms with Gasteiger partial charge in [0.2, 0.25) is 5.91 Å². The van der Waals surface area contributed by atoms with Gasteiger partial charge >= 0.3 is 5.69 Å². The van der Waals surface area contributed by atoms with Crippen LogP contribution in [0, 0.1) is 0 Å². The number of rotatable bonds is 6. The van der Waals surface area contributed by atoms with E-state index < -0.39 is 0 Å². The molecular weight excluding hydrogens is 358 g/mol. The number of aromatic nitrogens is 3. The van der Waals surface area contributed by atoms with Crippen molar-refractivity contribution in [3.05, 3.63) is 70.9 Å². The number of nitrogens with one attached hydrogen (secondary N) is 1. The van der Waals surface area contributed by atoms with Crippen LogP contribution < -0.4 is 11.0 Å². The molecule has 0 bridgehead atoms. The van der Waals surface area contributed by atoms with E-state index in [1.54, 1.807) is 24.5 Å². The molecule has 0 spiro atoms. The maximum atomic E-state index is 12.7. The molecule has 0 aliphatic carbocycles. The zero-order chi connectivity index (χ0) is 19.3. The first-order chi connectivity index (χ1) is 13.7. The van der Waals surface area contributed by atoms with E-state index in [0.29, 0.717) is 25.3 Å². The van der Waals surface area contributed by atoms with Crippen molar-refractivity contribution in [3.63, 3.8) is 0 Å². The Morgan fingerprint density at radius 3 is 2.71 bits per heavy atom. The summed E-state index contributed by atoms with van der Waals surface area (Å²) in [6.07, 6.45) is 3.25. The summed E-state index contributed by atoms with van der Waals surface area (Å²) in [5, 5.41) is 7.18. The van der Waals surface area contributed by atoms with E-state index in [9.17, 15) is 9.59 Å². The van der Waals surface area contributed by atoms with E-state index >= 15 is 0 Å². The molecule has 1 N–H and O–H groups in total. The van der Waals surface area contributed by atoms with Gasteiger partial charge in [-0.3, -0.25) is 14.1 Å². The van der Waals surface area contributed by atoms with E-state index in [1.165, 1.54) is 9.08 Å². The smallest absolute Gasteiger partial charge is 0.349 e. The van der Waals surface area contributed by atoms with Gasteiger partial charge in [0, 0.05) is 25.8 Å². The largest absolute Gasteiger partial charge is 0.379 e.